The molecule has 1 N–H and O–H groups in total. The third-order valence-electron chi connectivity index (χ3n) is 3.08. The van der Waals surface area contributed by atoms with Gasteiger partial charge in [0, 0.05) is 24.1 Å². The number of aromatic carboxylic acids is 1. The summed E-state index contributed by atoms with van der Waals surface area (Å²) < 4.78 is 0. The second-order valence-corrected chi connectivity index (χ2v) is 4.70. The molecule has 2 aromatic rings. The van der Waals surface area contributed by atoms with Gasteiger partial charge in [0.15, 0.2) is 5.78 Å². The lowest BCUT2D eigenvalue weighted by Gasteiger charge is -2.07. The Morgan fingerprint density at radius 2 is 1.45 bits per heavy atom. The van der Waals surface area contributed by atoms with E-state index < -0.39 is 5.97 Å². The van der Waals surface area contributed by atoms with Crippen LogP contribution in [0.25, 0.3) is 0 Å². The van der Waals surface area contributed by atoms with Gasteiger partial charge in [0.2, 0.25) is 5.91 Å². The van der Waals surface area contributed by atoms with E-state index in [1.807, 2.05) is 6.07 Å². The SMILES string of the molecule is O=C(CCC(=O)c1ccccc1)Nc1ccc(C(=O)[O-])cc1. The lowest BCUT2D eigenvalue weighted by Crippen LogP contribution is -2.22. The van der Waals surface area contributed by atoms with Gasteiger partial charge in [0.05, 0.1) is 5.97 Å². The van der Waals surface area contributed by atoms with Crippen LogP contribution < -0.4 is 10.4 Å². The average Bonchev–Trinajstić information content (AvgIpc) is 2.54. The van der Waals surface area contributed by atoms with Crippen molar-refractivity contribution in [3.8, 4) is 0 Å². The first-order chi connectivity index (χ1) is 10.6. The van der Waals surface area contributed by atoms with Gasteiger partial charge in [-0.2, -0.15) is 0 Å². The van der Waals surface area contributed by atoms with Gasteiger partial charge < -0.3 is 15.2 Å². The molecule has 0 aliphatic heterocycles. The molecule has 5 nitrogen and oxygen atoms in total. The number of nitrogens with one attached hydrogen (secondary N) is 1. The van der Waals surface area contributed by atoms with Gasteiger partial charge in [0.1, 0.15) is 0 Å². The molecule has 0 heterocycles. The van der Waals surface area contributed by atoms with Gasteiger partial charge >= 0.3 is 0 Å². The van der Waals surface area contributed by atoms with Crippen LogP contribution in [0.3, 0.4) is 0 Å². The Morgan fingerprint density at radius 1 is 0.818 bits per heavy atom. The molecule has 0 aliphatic carbocycles. The highest BCUT2D eigenvalue weighted by Gasteiger charge is 2.09. The van der Waals surface area contributed by atoms with Crippen molar-refractivity contribution in [2.75, 3.05) is 5.32 Å². The molecule has 22 heavy (non-hydrogen) atoms. The second-order valence-electron chi connectivity index (χ2n) is 4.70. The van der Waals surface area contributed by atoms with Crippen molar-refractivity contribution in [1.29, 1.82) is 0 Å². The maximum absolute atomic E-state index is 11.9. The van der Waals surface area contributed by atoms with Crippen LogP contribution in [-0.2, 0) is 4.79 Å². The molecule has 0 radical (unpaired) electrons. The summed E-state index contributed by atoms with van der Waals surface area (Å²) in [5.74, 6) is -1.67. The highest BCUT2D eigenvalue weighted by molar-refractivity contribution is 6.00. The summed E-state index contributed by atoms with van der Waals surface area (Å²) >= 11 is 0. The average molecular weight is 296 g/mol. The van der Waals surface area contributed by atoms with E-state index >= 15 is 0 Å². The molecular weight excluding hydrogens is 282 g/mol. The van der Waals surface area contributed by atoms with Crippen molar-refractivity contribution in [2.24, 2.45) is 0 Å². The molecule has 112 valence electrons. The van der Waals surface area contributed by atoms with Crippen molar-refractivity contribution < 1.29 is 19.5 Å². The summed E-state index contributed by atoms with van der Waals surface area (Å²) in [5, 5.41) is 13.2. The number of carboxylic acids is 1. The Bertz CT molecular complexity index is 678. The largest absolute Gasteiger partial charge is 0.545 e. The van der Waals surface area contributed by atoms with E-state index in [9.17, 15) is 19.5 Å². The number of benzene rings is 2. The fourth-order valence-corrected chi connectivity index (χ4v) is 1.91. The first-order valence-corrected chi connectivity index (χ1v) is 6.76. The number of hydrogen-bond donors (Lipinski definition) is 1. The van der Waals surface area contributed by atoms with Crippen LogP contribution in [0.5, 0.6) is 0 Å². The van der Waals surface area contributed by atoms with Crippen LogP contribution in [-0.4, -0.2) is 17.7 Å². The molecule has 2 aromatic carbocycles. The maximum atomic E-state index is 11.9. The van der Waals surface area contributed by atoms with E-state index in [1.165, 1.54) is 24.3 Å². The zero-order valence-electron chi connectivity index (χ0n) is 11.7. The molecule has 5 heteroatoms. The molecule has 0 fully saturated rings. The quantitative estimate of drug-likeness (QED) is 0.821. The Hall–Kier alpha value is -2.95. The van der Waals surface area contributed by atoms with E-state index in [0.29, 0.717) is 11.3 Å². The molecule has 2 rings (SSSR count). The molecule has 0 bridgehead atoms. The smallest absolute Gasteiger partial charge is 0.224 e. The van der Waals surface area contributed by atoms with Crippen molar-refractivity contribution in [2.45, 2.75) is 12.8 Å². The fraction of sp³-hybridized carbons (Fsp3) is 0.118. The molecule has 0 saturated heterocycles. The lowest BCUT2D eigenvalue weighted by atomic mass is 10.1. The van der Waals surface area contributed by atoms with Crippen LogP contribution in [0.4, 0.5) is 5.69 Å². The predicted octanol–water partition coefficient (Wildman–Crippen LogP) is 1.65. The van der Waals surface area contributed by atoms with Crippen LogP contribution in [0.2, 0.25) is 0 Å². The van der Waals surface area contributed by atoms with Gasteiger partial charge in [-0.25, -0.2) is 0 Å². The topological polar surface area (TPSA) is 86.3 Å². The molecule has 0 atom stereocenters. The number of Topliss-reactive ketones (excluding diaryl/α,β-unsaturated/α-hetero) is 1. The monoisotopic (exact) mass is 296 g/mol. The molecule has 0 aromatic heterocycles. The Labute approximate surface area is 127 Å². The summed E-state index contributed by atoms with van der Waals surface area (Å²) in [7, 11) is 0. The summed E-state index contributed by atoms with van der Waals surface area (Å²) in [6.07, 6.45) is 0.183. The Kier molecular flexibility index (Phi) is 5.03. The normalized spacial score (nSPS) is 10.0. The molecular formula is C17H14NO4-. The van der Waals surface area contributed by atoms with Crippen molar-refractivity contribution >= 4 is 23.3 Å². The minimum atomic E-state index is -1.27. The molecule has 0 saturated carbocycles. The van der Waals surface area contributed by atoms with Gasteiger partial charge in [0.25, 0.3) is 0 Å². The van der Waals surface area contributed by atoms with Crippen LogP contribution in [0.15, 0.2) is 54.6 Å². The zero-order valence-corrected chi connectivity index (χ0v) is 11.7. The van der Waals surface area contributed by atoms with Gasteiger partial charge in [-0.05, 0) is 17.7 Å². The lowest BCUT2D eigenvalue weighted by molar-refractivity contribution is -0.255. The number of carbonyl (C=O) groups excluding carboxylic acids is 3. The second kappa shape index (κ2) is 7.17. The fourth-order valence-electron chi connectivity index (χ4n) is 1.91. The zero-order chi connectivity index (χ0) is 15.9. The van der Waals surface area contributed by atoms with Crippen molar-refractivity contribution in [3.05, 3.63) is 65.7 Å². The first-order valence-electron chi connectivity index (χ1n) is 6.76. The van der Waals surface area contributed by atoms with E-state index in [1.54, 1.807) is 24.3 Å². The minimum absolute atomic E-state index is 0.0391. The van der Waals surface area contributed by atoms with Crippen LogP contribution >= 0.6 is 0 Å². The third kappa shape index (κ3) is 4.28. The predicted molar refractivity (Wildman–Crippen MR) is 79.4 cm³/mol. The highest BCUT2D eigenvalue weighted by atomic mass is 16.4. The minimum Gasteiger partial charge on any atom is -0.545 e. The molecule has 0 aliphatic rings. The Balaban J connectivity index is 1.85. The van der Waals surface area contributed by atoms with Crippen LogP contribution in [0, 0.1) is 0 Å². The number of ketones is 1. The summed E-state index contributed by atoms with van der Waals surface area (Å²) in [5.41, 5.74) is 1.09. The van der Waals surface area contributed by atoms with Crippen molar-refractivity contribution in [1.82, 2.24) is 0 Å². The number of hydrogen-bond acceptors (Lipinski definition) is 4. The molecule has 1 amide bonds. The summed E-state index contributed by atoms with van der Waals surface area (Å²) in [6.45, 7) is 0. The molecule has 0 spiro atoms. The van der Waals surface area contributed by atoms with E-state index in [0.717, 1.165) is 0 Å². The van der Waals surface area contributed by atoms with Gasteiger partial charge in [-0.3, -0.25) is 9.59 Å². The maximum Gasteiger partial charge on any atom is 0.224 e. The standard InChI is InChI=1S/C17H15NO4/c19-15(12-4-2-1-3-5-12)10-11-16(20)18-14-8-6-13(7-9-14)17(21)22/h1-9H,10-11H2,(H,18,20)(H,21,22)/p-1. The van der Waals surface area contributed by atoms with Gasteiger partial charge in [-0.15, -0.1) is 0 Å². The van der Waals surface area contributed by atoms with Crippen molar-refractivity contribution in [3.63, 3.8) is 0 Å². The number of anilines is 1. The summed E-state index contributed by atoms with van der Waals surface area (Å²) in [4.78, 5) is 34.3. The number of rotatable bonds is 6. The third-order valence-corrected chi connectivity index (χ3v) is 3.08. The Morgan fingerprint density at radius 3 is 2.05 bits per heavy atom. The van der Waals surface area contributed by atoms with E-state index in [2.05, 4.69) is 5.32 Å². The highest BCUT2D eigenvalue weighted by Crippen LogP contribution is 2.11. The summed E-state index contributed by atoms with van der Waals surface area (Å²) in [6, 6.07) is 14.4. The number of carboxylic acid groups (broad SMARTS) is 1. The first kappa shape index (κ1) is 15.4. The molecule has 0 unspecified atom stereocenters. The van der Waals surface area contributed by atoms with Crippen LogP contribution in [0.1, 0.15) is 33.6 Å². The van der Waals surface area contributed by atoms with E-state index in [-0.39, 0.29) is 30.1 Å². The van der Waals surface area contributed by atoms with E-state index in [4.69, 9.17) is 0 Å². The van der Waals surface area contributed by atoms with Gasteiger partial charge in [-0.1, -0.05) is 42.5 Å². The number of carbonyl (C=O) groups is 3. The number of amides is 1.